The molecule has 6 heteroatoms. The normalized spacial score (nSPS) is 17.0. The summed E-state index contributed by atoms with van der Waals surface area (Å²) >= 11 is 0. The lowest BCUT2D eigenvalue weighted by Crippen LogP contribution is -2.38. The molecule has 6 nitrogen and oxygen atoms in total. The Balaban J connectivity index is 1.47. The van der Waals surface area contributed by atoms with Gasteiger partial charge in [-0.3, -0.25) is 9.78 Å². The Kier molecular flexibility index (Phi) is 5.23. The molecule has 138 valence electrons. The minimum atomic E-state index is -0.134. The maximum atomic E-state index is 12.9. The molecule has 0 spiro atoms. The van der Waals surface area contributed by atoms with Gasteiger partial charge < -0.3 is 9.32 Å². The summed E-state index contributed by atoms with van der Waals surface area (Å²) in [5.41, 5.74) is 2.01. The van der Waals surface area contributed by atoms with Crippen LogP contribution in [0.5, 0.6) is 0 Å². The van der Waals surface area contributed by atoms with Gasteiger partial charge in [-0.15, -0.1) is 10.2 Å². The number of aromatic nitrogens is 3. The van der Waals surface area contributed by atoms with Crippen LogP contribution in [0.3, 0.4) is 0 Å². The fraction of sp³-hybridized carbons (Fsp3) is 0.333. The second kappa shape index (κ2) is 8.12. The summed E-state index contributed by atoms with van der Waals surface area (Å²) in [7, 11) is 0. The van der Waals surface area contributed by atoms with E-state index in [1.54, 1.807) is 12.4 Å². The minimum absolute atomic E-state index is 0.134. The van der Waals surface area contributed by atoms with Gasteiger partial charge in [-0.25, -0.2) is 0 Å². The molecular weight excluding hydrogens is 340 g/mol. The van der Waals surface area contributed by atoms with Gasteiger partial charge in [0.1, 0.15) is 6.04 Å². The zero-order valence-electron chi connectivity index (χ0n) is 15.1. The molecule has 1 fully saturated rings. The standard InChI is InChI=1S/C21H22N4O2/c26-19(10-9-16-6-2-1-3-7-16)25-15-5-4-8-18(25)21-24-23-20(27-21)17-11-13-22-14-12-17/h1-3,6-7,11-14,18H,4-5,8-10,15H2/t18-/m1/s1. The molecule has 1 aromatic carbocycles. The van der Waals surface area contributed by atoms with Gasteiger partial charge in [-0.05, 0) is 43.4 Å². The fourth-order valence-corrected chi connectivity index (χ4v) is 3.51. The predicted octanol–water partition coefficient (Wildman–Crippen LogP) is 3.82. The van der Waals surface area contributed by atoms with Crippen molar-refractivity contribution >= 4 is 5.91 Å². The number of pyridine rings is 1. The van der Waals surface area contributed by atoms with Crippen molar-refractivity contribution in [2.24, 2.45) is 0 Å². The van der Waals surface area contributed by atoms with Crippen LogP contribution in [-0.4, -0.2) is 32.5 Å². The molecule has 1 atom stereocenters. The number of carbonyl (C=O) groups is 1. The second-order valence-electron chi connectivity index (χ2n) is 6.77. The number of aryl methyl sites for hydroxylation is 1. The molecule has 3 heterocycles. The van der Waals surface area contributed by atoms with Crippen molar-refractivity contribution in [3.8, 4) is 11.5 Å². The van der Waals surface area contributed by atoms with E-state index in [1.165, 1.54) is 5.56 Å². The Morgan fingerprint density at radius 2 is 1.89 bits per heavy atom. The summed E-state index contributed by atoms with van der Waals surface area (Å²) in [4.78, 5) is 18.8. The summed E-state index contributed by atoms with van der Waals surface area (Å²) in [5.74, 6) is 1.14. The van der Waals surface area contributed by atoms with Crippen LogP contribution in [0, 0.1) is 0 Å². The van der Waals surface area contributed by atoms with E-state index in [-0.39, 0.29) is 11.9 Å². The fourth-order valence-electron chi connectivity index (χ4n) is 3.51. The molecule has 0 aliphatic carbocycles. The van der Waals surface area contributed by atoms with Gasteiger partial charge in [0.15, 0.2) is 0 Å². The molecule has 0 radical (unpaired) electrons. The lowest BCUT2D eigenvalue weighted by atomic mass is 10.0. The van der Waals surface area contributed by atoms with E-state index in [4.69, 9.17) is 4.42 Å². The number of likely N-dealkylation sites (tertiary alicyclic amines) is 1. The van der Waals surface area contributed by atoms with E-state index in [1.807, 2.05) is 35.2 Å². The maximum Gasteiger partial charge on any atom is 0.247 e. The zero-order chi connectivity index (χ0) is 18.5. The van der Waals surface area contributed by atoms with E-state index >= 15 is 0 Å². The highest BCUT2D eigenvalue weighted by molar-refractivity contribution is 5.77. The van der Waals surface area contributed by atoms with Gasteiger partial charge in [0.05, 0.1) is 0 Å². The van der Waals surface area contributed by atoms with E-state index < -0.39 is 0 Å². The summed E-state index contributed by atoms with van der Waals surface area (Å²) in [6, 6.07) is 13.6. The number of hydrogen-bond acceptors (Lipinski definition) is 5. The first-order valence-corrected chi connectivity index (χ1v) is 9.38. The number of nitrogens with zero attached hydrogens (tertiary/aromatic N) is 4. The SMILES string of the molecule is O=C(CCc1ccccc1)N1CCCC[C@@H]1c1nnc(-c2ccncc2)o1. The Morgan fingerprint density at radius 3 is 2.70 bits per heavy atom. The average molecular weight is 362 g/mol. The summed E-state index contributed by atoms with van der Waals surface area (Å²) < 4.78 is 5.91. The molecule has 1 amide bonds. The number of piperidine rings is 1. The third-order valence-corrected chi connectivity index (χ3v) is 4.95. The van der Waals surface area contributed by atoms with Crippen LogP contribution >= 0.6 is 0 Å². The molecule has 1 aliphatic rings. The third kappa shape index (κ3) is 4.05. The topological polar surface area (TPSA) is 72.1 Å². The number of hydrogen-bond donors (Lipinski definition) is 0. The summed E-state index contributed by atoms with van der Waals surface area (Å²) in [5, 5.41) is 8.40. The molecule has 0 N–H and O–H groups in total. The van der Waals surface area contributed by atoms with Crippen molar-refractivity contribution in [3.63, 3.8) is 0 Å². The lowest BCUT2D eigenvalue weighted by molar-refractivity contribution is -0.135. The number of rotatable bonds is 5. The van der Waals surface area contributed by atoms with Crippen LogP contribution < -0.4 is 0 Å². The second-order valence-corrected chi connectivity index (χ2v) is 6.77. The highest BCUT2D eigenvalue weighted by Gasteiger charge is 2.31. The molecule has 4 rings (SSSR count). The van der Waals surface area contributed by atoms with Crippen molar-refractivity contribution in [2.75, 3.05) is 6.54 Å². The van der Waals surface area contributed by atoms with Crippen LogP contribution in [0.4, 0.5) is 0 Å². The van der Waals surface area contributed by atoms with Crippen LogP contribution in [0.2, 0.25) is 0 Å². The Labute approximate surface area is 158 Å². The lowest BCUT2D eigenvalue weighted by Gasteiger charge is -2.33. The van der Waals surface area contributed by atoms with Gasteiger partial charge in [0.2, 0.25) is 17.7 Å². The highest BCUT2D eigenvalue weighted by Crippen LogP contribution is 2.32. The maximum absolute atomic E-state index is 12.9. The van der Waals surface area contributed by atoms with Crippen molar-refractivity contribution < 1.29 is 9.21 Å². The van der Waals surface area contributed by atoms with Crippen molar-refractivity contribution in [2.45, 2.75) is 38.1 Å². The van der Waals surface area contributed by atoms with Gasteiger partial charge in [0.25, 0.3) is 0 Å². The van der Waals surface area contributed by atoms with Crippen molar-refractivity contribution in [1.82, 2.24) is 20.1 Å². The van der Waals surface area contributed by atoms with Crippen LogP contribution in [0.15, 0.2) is 59.3 Å². The van der Waals surface area contributed by atoms with E-state index in [0.29, 0.717) is 18.2 Å². The summed E-state index contributed by atoms with van der Waals surface area (Å²) in [6.07, 6.45) is 7.55. The quantitative estimate of drug-likeness (QED) is 0.690. The molecule has 1 aliphatic heterocycles. The van der Waals surface area contributed by atoms with Crippen molar-refractivity contribution in [1.29, 1.82) is 0 Å². The first-order valence-electron chi connectivity index (χ1n) is 9.38. The molecule has 0 bridgehead atoms. The molecule has 3 aromatic rings. The third-order valence-electron chi connectivity index (χ3n) is 4.95. The van der Waals surface area contributed by atoms with Gasteiger partial charge in [-0.1, -0.05) is 30.3 Å². The van der Waals surface area contributed by atoms with E-state index in [2.05, 4.69) is 27.3 Å². The van der Waals surface area contributed by atoms with E-state index in [0.717, 1.165) is 37.8 Å². The molecular formula is C21H22N4O2. The van der Waals surface area contributed by atoms with Gasteiger partial charge in [-0.2, -0.15) is 0 Å². The van der Waals surface area contributed by atoms with Crippen LogP contribution in [0.1, 0.15) is 43.2 Å². The minimum Gasteiger partial charge on any atom is -0.418 e. The largest absolute Gasteiger partial charge is 0.418 e. The molecule has 2 aromatic heterocycles. The zero-order valence-corrected chi connectivity index (χ0v) is 15.1. The number of carbonyl (C=O) groups excluding carboxylic acids is 1. The summed E-state index contributed by atoms with van der Waals surface area (Å²) in [6.45, 7) is 0.741. The smallest absolute Gasteiger partial charge is 0.247 e. The molecule has 1 saturated heterocycles. The predicted molar refractivity (Wildman–Crippen MR) is 101 cm³/mol. The highest BCUT2D eigenvalue weighted by atomic mass is 16.4. The molecule has 0 unspecified atom stereocenters. The first-order chi connectivity index (χ1) is 13.3. The first kappa shape index (κ1) is 17.4. The molecule has 0 saturated carbocycles. The van der Waals surface area contributed by atoms with Crippen LogP contribution in [0.25, 0.3) is 11.5 Å². The Bertz CT molecular complexity index is 879. The monoisotopic (exact) mass is 362 g/mol. The Hall–Kier alpha value is -3.02. The number of amides is 1. The van der Waals surface area contributed by atoms with Crippen LogP contribution in [-0.2, 0) is 11.2 Å². The number of benzene rings is 1. The van der Waals surface area contributed by atoms with Gasteiger partial charge in [0, 0.05) is 30.9 Å². The Morgan fingerprint density at radius 1 is 1.07 bits per heavy atom. The molecule has 27 heavy (non-hydrogen) atoms. The van der Waals surface area contributed by atoms with Gasteiger partial charge >= 0.3 is 0 Å². The van der Waals surface area contributed by atoms with Crippen molar-refractivity contribution in [3.05, 3.63) is 66.3 Å². The van der Waals surface area contributed by atoms with E-state index in [9.17, 15) is 4.79 Å². The average Bonchev–Trinajstić information content (AvgIpc) is 3.23.